The lowest BCUT2D eigenvalue weighted by atomic mass is 10.00. The van der Waals surface area contributed by atoms with Crippen LogP contribution in [0.4, 0.5) is 17.1 Å². The number of rotatable bonds is 7. The van der Waals surface area contributed by atoms with E-state index in [-0.39, 0.29) is 0 Å². The smallest absolute Gasteiger partial charge is 0.227 e. The summed E-state index contributed by atoms with van der Waals surface area (Å²) in [5.41, 5.74) is 14.3. The third-order valence-corrected chi connectivity index (χ3v) is 10.9. The van der Waals surface area contributed by atoms with Crippen molar-refractivity contribution in [1.82, 2.24) is 4.98 Å². The first-order valence-electron chi connectivity index (χ1n) is 19.2. The fourth-order valence-electron chi connectivity index (χ4n) is 7.96. The quantitative estimate of drug-likeness (QED) is 0.164. The summed E-state index contributed by atoms with van der Waals surface area (Å²) in [6.45, 7) is 0. The molecule has 2 aromatic heterocycles. The summed E-state index contributed by atoms with van der Waals surface area (Å²) in [4.78, 5) is 7.09. The fraction of sp³-hybridized carbons (Fsp3) is 0. The highest BCUT2D eigenvalue weighted by molar-refractivity contribution is 6.10. The molecule has 4 nitrogen and oxygen atoms in total. The number of anilines is 3. The predicted molar refractivity (Wildman–Crippen MR) is 235 cm³/mol. The Morgan fingerprint density at radius 1 is 0.316 bits per heavy atom. The molecule has 0 aliphatic heterocycles. The van der Waals surface area contributed by atoms with Crippen molar-refractivity contribution in [3.8, 4) is 44.8 Å². The van der Waals surface area contributed by atoms with Gasteiger partial charge in [0.05, 0.1) is 0 Å². The second kappa shape index (κ2) is 13.6. The van der Waals surface area contributed by atoms with Crippen molar-refractivity contribution in [1.29, 1.82) is 0 Å². The minimum absolute atomic E-state index is 0.602. The van der Waals surface area contributed by atoms with Gasteiger partial charge in [0.25, 0.3) is 0 Å². The van der Waals surface area contributed by atoms with Crippen molar-refractivity contribution in [3.63, 3.8) is 0 Å². The van der Waals surface area contributed by atoms with E-state index >= 15 is 0 Å². The Labute approximate surface area is 329 Å². The van der Waals surface area contributed by atoms with Crippen LogP contribution >= 0.6 is 0 Å². The maximum absolute atomic E-state index is 6.33. The number of benzene rings is 9. The van der Waals surface area contributed by atoms with Gasteiger partial charge in [-0.15, -0.1) is 0 Å². The summed E-state index contributed by atoms with van der Waals surface area (Å²) < 4.78 is 12.6. The third-order valence-electron chi connectivity index (χ3n) is 10.9. The van der Waals surface area contributed by atoms with Crippen LogP contribution in [0.3, 0.4) is 0 Å². The molecule has 0 amide bonds. The van der Waals surface area contributed by atoms with Crippen LogP contribution in [0.2, 0.25) is 0 Å². The van der Waals surface area contributed by atoms with Crippen LogP contribution in [0.25, 0.3) is 88.6 Å². The summed E-state index contributed by atoms with van der Waals surface area (Å²) in [7, 11) is 0. The molecule has 0 atom stereocenters. The molecule has 268 valence electrons. The Bertz CT molecular complexity index is 3220. The van der Waals surface area contributed by atoms with Gasteiger partial charge in [-0.2, -0.15) is 0 Å². The average Bonchev–Trinajstić information content (AvgIpc) is 3.87. The Balaban J connectivity index is 0.968. The zero-order valence-corrected chi connectivity index (χ0v) is 30.8. The van der Waals surface area contributed by atoms with Crippen LogP contribution in [0.1, 0.15) is 0 Å². The van der Waals surface area contributed by atoms with E-state index in [1.807, 2.05) is 36.4 Å². The van der Waals surface area contributed by atoms with Crippen LogP contribution < -0.4 is 4.90 Å². The fourth-order valence-corrected chi connectivity index (χ4v) is 7.96. The van der Waals surface area contributed by atoms with E-state index in [2.05, 4.69) is 175 Å². The largest absolute Gasteiger partial charge is 0.456 e. The summed E-state index contributed by atoms with van der Waals surface area (Å²) in [5, 5.41) is 4.51. The van der Waals surface area contributed by atoms with Crippen molar-refractivity contribution in [2.75, 3.05) is 4.90 Å². The maximum Gasteiger partial charge on any atom is 0.227 e. The SMILES string of the molecule is c1ccc(-c2ccc(N(c3ccc(-c4ccc5oc6cc7nc(-c8ccccc8)oc7cc6c5c4)cc3)c3cccc(-c4ccc5ccccc5c4)c3)cc2)cc1. The zero-order chi connectivity index (χ0) is 37.7. The molecule has 0 radical (unpaired) electrons. The molecule has 11 aromatic rings. The normalized spacial score (nSPS) is 11.5. The van der Waals surface area contributed by atoms with E-state index in [0.29, 0.717) is 5.89 Å². The Hall–Kier alpha value is -7.69. The second-order valence-corrected chi connectivity index (χ2v) is 14.4. The molecule has 0 unspecified atom stereocenters. The van der Waals surface area contributed by atoms with E-state index in [4.69, 9.17) is 13.8 Å². The number of oxazole rings is 1. The number of nitrogens with zero attached hydrogens (tertiary/aromatic N) is 2. The van der Waals surface area contributed by atoms with Gasteiger partial charge in [0.15, 0.2) is 5.58 Å². The number of fused-ring (bicyclic) bond motifs is 5. The standard InChI is InChI=1S/C53H34N2O2/c1-3-10-35(11-4-1)37-20-25-44(26-21-37)55(46-17-9-16-41(31-46)42-19-18-36-12-7-8-15-40(36)30-42)45-27-22-38(23-28-45)43-24-29-50-47(32-43)48-33-52-49(34-51(48)56-50)54-53(57-52)39-13-5-2-6-14-39/h1-34H. The summed E-state index contributed by atoms with van der Waals surface area (Å²) in [6, 6.07) is 72.6. The first-order valence-corrected chi connectivity index (χ1v) is 19.2. The molecule has 0 N–H and O–H groups in total. The molecule has 2 heterocycles. The second-order valence-electron chi connectivity index (χ2n) is 14.4. The molecule has 0 saturated carbocycles. The lowest BCUT2D eigenvalue weighted by molar-refractivity contribution is 0.620. The molecule has 11 rings (SSSR count). The first-order chi connectivity index (χ1) is 28.2. The molecular formula is C53H34N2O2. The van der Waals surface area contributed by atoms with Gasteiger partial charge in [-0.1, -0.05) is 127 Å². The first kappa shape index (κ1) is 32.7. The van der Waals surface area contributed by atoms with Crippen LogP contribution in [0.5, 0.6) is 0 Å². The van der Waals surface area contributed by atoms with Crippen molar-refractivity contribution in [2.24, 2.45) is 0 Å². The van der Waals surface area contributed by atoms with Gasteiger partial charge in [0, 0.05) is 39.5 Å². The maximum atomic E-state index is 6.33. The minimum Gasteiger partial charge on any atom is -0.456 e. The van der Waals surface area contributed by atoms with Gasteiger partial charge in [-0.05, 0) is 117 Å². The van der Waals surface area contributed by atoms with Crippen molar-refractivity contribution in [3.05, 3.63) is 206 Å². The molecule has 9 aromatic carbocycles. The average molecular weight is 731 g/mol. The Kier molecular flexibility index (Phi) is 7.78. The van der Waals surface area contributed by atoms with E-state index in [1.165, 1.54) is 33.0 Å². The van der Waals surface area contributed by atoms with Crippen LogP contribution in [0, 0.1) is 0 Å². The monoisotopic (exact) mass is 730 g/mol. The van der Waals surface area contributed by atoms with Crippen LogP contribution in [0.15, 0.2) is 215 Å². The molecule has 0 spiro atoms. The van der Waals surface area contributed by atoms with Gasteiger partial charge in [0.2, 0.25) is 5.89 Å². The van der Waals surface area contributed by atoms with E-state index in [9.17, 15) is 0 Å². The Morgan fingerprint density at radius 3 is 1.63 bits per heavy atom. The van der Waals surface area contributed by atoms with Crippen molar-refractivity contribution < 1.29 is 8.83 Å². The summed E-state index contributed by atoms with van der Waals surface area (Å²) in [5.74, 6) is 0.602. The third kappa shape index (κ3) is 6.01. The summed E-state index contributed by atoms with van der Waals surface area (Å²) in [6.07, 6.45) is 0. The van der Waals surface area contributed by atoms with Gasteiger partial charge in [-0.25, -0.2) is 4.98 Å². The number of furan rings is 1. The molecule has 0 saturated heterocycles. The lowest BCUT2D eigenvalue weighted by Gasteiger charge is -2.26. The topological polar surface area (TPSA) is 42.4 Å². The van der Waals surface area contributed by atoms with E-state index < -0.39 is 0 Å². The molecule has 0 bridgehead atoms. The number of hydrogen-bond donors (Lipinski definition) is 0. The number of hydrogen-bond acceptors (Lipinski definition) is 4. The predicted octanol–water partition coefficient (Wildman–Crippen LogP) is 15.0. The van der Waals surface area contributed by atoms with Gasteiger partial charge in [0.1, 0.15) is 16.7 Å². The van der Waals surface area contributed by atoms with Gasteiger partial charge < -0.3 is 13.7 Å². The molecule has 4 heteroatoms. The highest BCUT2D eigenvalue weighted by atomic mass is 16.4. The van der Waals surface area contributed by atoms with Crippen molar-refractivity contribution >= 4 is 60.9 Å². The molecular weight excluding hydrogens is 697 g/mol. The Morgan fingerprint density at radius 2 is 0.877 bits per heavy atom. The van der Waals surface area contributed by atoms with E-state index in [0.717, 1.165) is 66.8 Å². The molecule has 0 aliphatic rings. The minimum atomic E-state index is 0.602. The van der Waals surface area contributed by atoms with Gasteiger partial charge in [-0.3, -0.25) is 0 Å². The van der Waals surface area contributed by atoms with Crippen LogP contribution in [-0.4, -0.2) is 4.98 Å². The highest BCUT2D eigenvalue weighted by Crippen LogP contribution is 2.40. The van der Waals surface area contributed by atoms with E-state index in [1.54, 1.807) is 0 Å². The molecule has 0 aliphatic carbocycles. The van der Waals surface area contributed by atoms with Crippen LogP contribution in [-0.2, 0) is 0 Å². The zero-order valence-electron chi connectivity index (χ0n) is 30.8. The molecule has 0 fully saturated rings. The van der Waals surface area contributed by atoms with Gasteiger partial charge >= 0.3 is 0 Å². The highest BCUT2D eigenvalue weighted by Gasteiger charge is 2.17. The molecule has 57 heavy (non-hydrogen) atoms. The summed E-state index contributed by atoms with van der Waals surface area (Å²) >= 11 is 0. The lowest BCUT2D eigenvalue weighted by Crippen LogP contribution is -2.10. The van der Waals surface area contributed by atoms with Crippen molar-refractivity contribution in [2.45, 2.75) is 0 Å². The number of aromatic nitrogens is 1.